The molecule has 120 valence electrons. The predicted octanol–water partition coefficient (Wildman–Crippen LogP) is 5.36. The van der Waals surface area contributed by atoms with Gasteiger partial charge in [-0.25, -0.2) is 0 Å². The van der Waals surface area contributed by atoms with Crippen LogP contribution in [-0.4, -0.2) is 12.5 Å². The van der Waals surface area contributed by atoms with Gasteiger partial charge in [-0.3, -0.25) is 4.79 Å². The fourth-order valence-corrected chi connectivity index (χ4v) is 2.38. The van der Waals surface area contributed by atoms with Crippen LogP contribution in [0.5, 0.6) is 5.75 Å². The lowest BCUT2D eigenvalue weighted by molar-refractivity contribution is -0.111. The van der Waals surface area contributed by atoms with Gasteiger partial charge in [0.05, 0.1) is 5.02 Å². The molecule has 0 heterocycles. The Bertz CT molecular complexity index is 738. The maximum atomic E-state index is 12.1. The molecule has 7 heteroatoms. The van der Waals surface area contributed by atoms with Crippen molar-refractivity contribution < 1.29 is 18.3 Å². The Morgan fingerprint density at radius 2 is 2.04 bits per heavy atom. The summed E-state index contributed by atoms with van der Waals surface area (Å²) in [4.78, 5) is 11.8. The molecule has 0 spiro atoms. The standard InChI is InChI=1S/C16H11BrClF2NO2/c17-11-3-1-2-10(8-11)4-7-15(22)21-12-5-6-14(13(18)9-12)23-16(19)20/h1-9,16H,(H,21,22)/b7-4+. The number of amides is 1. The molecule has 0 aliphatic heterocycles. The van der Waals surface area contributed by atoms with E-state index >= 15 is 0 Å². The van der Waals surface area contributed by atoms with Crippen LogP contribution in [0.2, 0.25) is 5.02 Å². The fraction of sp³-hybridized carbons (Fsp3) is 0.0625. The van der Waals surface area contributed by atoms with Gasteiger partial charge in [0.1, 0.15) is 5.75 Å². The highest BCUT2D eigenvalue weighted by Crippen LogP contribution is 2.28. The Balaban J connectivity index is 2.01. The third kappa shape index (κ3) is 5.65. The zero-order chi connectivity index (χ0) is 16.8. The van der Waals surface area contributed by atoms with Crippen LogP contribution in [0.3, 0.4) is 0 Å². The van der Waals surface area contributed by atoms with Crippen LogP contribution in [0.4, 0.5) is 14.5 Å². The van der Waals surface area contributed by atoms with Crippen LogP contribution in [0.25, 0.3) is 6.08 Å². The van der Waals surface area contributed by atoms with E-state index in [1.54, 1.807) is 6.08 Å². The first-order chi connectivity index (χ1) is 10.9. The summed E-state index contributed by atoms with van der Waals surface area (Å²) in [6.45, 7) is -2.96. The predicted molar refractivity (Wildman–Crippen MR) is 89.9 cm³/mol. The van der Waals surface area contributed by atoms with Crippen LogP contribution >= 0.6 is 27.5 Å². The van der Waals surface area contributed by atoms with Crippen molar-refractivity contribution in [3.05, 3.63) is 63.6 Å². The second-order valence-corrected chi connectivity index (χ2v) is 5.72. The zero-order valence-electron chi connectivity index (χ0n) is 11.6. The summed E-state index contributed by atoms with van der Waals surface area (Å²) in [6, 6.07) is 11.5. The van der Waals surface area contributed by atoms with Crippen molar-refractivity contribution >= 4 is 45.2 Å². The van der Waals surface area contributed by atoms with Crippen molar-refractivity contribution in [1.82, 2.24) is 0 Å². The monoisotopic (exact) mass is 401 g/mol. The molecular formula is C16H11BrClF2NO2. The third-order valence-electron chi connectivity index (χ3n) is 2.69. The number of hydrogen-bond acceptors (Lipinski definition) is 2. The molecule has 0 bridgehead atoms. The molecule has 2 aromatic rings. The van der Waals surface area contributed by atoms with Gasteiger partial charge in [-0.15, -0.1) is 0 Å². The lowest BCUT2D eigenvalue weighted by Gasteiger charge is -2.08. The SMILES string of the molecule is O=C(/C=C/c1cccc(Br)c1)Nc1ccc(OC(F)F)c(Cl)c1. The second-order valence-electron chi connectivity index (χ2n) is 4.40. The fourth-order valence-electron chi connectivity index (χ4n) is 1.74. The van der Waals surface area contributed by atoms with Gasteiger partial charge in [0, 0.05) is 16.2 Å². The number of carbonyl (C=O) groups is 1. The van der Waals surface area contributed by atoms with E-state index in [1.165, 1.54) is 24.3 Å². The third-order valence-corrected chi connectivity index (χ3v) is 3.48. The minimum absolute atomic E-state index is 0.0148. The van der Waals surface area contributed by atoms with E-state index in [0.29, 0.717) is 5.69 Å². The molecule has 0 unspecified atom stereocenters. The van der Waals surface area contributed by atoms with Crippen LogP contribution in [0.15, 0.2) is 53.0 Å². The van der Waals surface area contributed by atoms with Crippen molar-refractivity contribution in [2.75, 3.05) is 5.32 Å². The molecule has 0 fully saturated rings. The first-order valence-corrected chi connectivity index (χ1v) is 7.60. The van der Waals surface area contributed by atoms with E-state index in [-0.39, 0.29) is 16.7 Å². The number of benzene rings is 2. The largest absolute Gasteiger partial charge is 0.433 e. The number of rotatable bonds is 5. The molecule has 1 amide bonds. The zero-order valence-corrected chi connectivity index (χ0v) is 13.9. The Hall–Kier alpha value is -1.92. The van der Waals surface area contributed by atoms with Gasteiger partial charge >= 0.3 is 6.61 Å². The van der Waals surface area contributed by atoms with Gasteiger partial charge in [-0.2, -0.15) is 8.78 Å². The van der Waals surface area contributed by atoms with Gasteiger partial charge in [-0.1, -0.05) is 39.7 Å². The average molecular weight is 403 g/mol. The van der Waals surface area contributed by atoms with Crippen LogP contribution < -0.4 is 10.1 Å². The van der Waals surface area contributed by atoms with Crippen LogP contribution in [0, 0.1) is 0 Å². The summed E-state index contributed by atoms with van der Waals surface area (Å²) in [5.74, 6) is -0.520. The number of halogens is 4. The molecule has 0 radical (unpaired) electrons. The van der Waals surface area contributed by atoms with Crippen LogP contribution in [-0.2, 0) is 4.79 Å². The highest BCUT2D eigenvalue weighted by Gasteiger charge is 2.09. The molecule has 23 heavy (non-hydrogen) atoms. The summed E-state index contributed by atoms with van der Waals surface area (Å²) in [6.07, 6.45) is 3.01. The molecule has 0 aromatic heterocycles. The summed E-state index contributed by atoms with van der Waals surface area (Å²) < 4.78 is 29.4. The van der Waals surface area contributed by atoms with E-state index in [2.05, 4.69) is 26.0 Å². The average Bonchev–Trinajstić information content (AvgIpc) is 2.48. The molecule has 0 aliphatic carbocycles. The lowest BCUT2D eigenvalue weighted by atomic mass is 10.2. The number of nitrogens with one attached hydrogen (secondary N) is 1. The maximum absolute atomic E-state index is 12.1. The minimum Gasteiger partial charge on any atom is -0.433 e. The van der Waals surface area contributed by atoms with E-state index in [4.69, 9.17) is 11.6 Å². The second kappa shape index (κ2) is 8.08. The molecular weight excluding hydrogens is 392 g/mol. The molecule has 0 aliphatic rings. The van der Waals surface area contributed by atoms with Gasteiger partial charge in [0.2, 0.25) is 5.91 Å². The molecule has 0 saturated heterocycles. The molecule has 0 saturated carbocycles. The summed E-state index contributed by atoms with van der Waals surface area (Å²) >= 11 is 9.15. The smallest absolute Gasteiger partial charge is 0.387 e. The van der Waals surface area contributed by atoms with Gasteiger partial charge in [-0.05, 0) is 42.0 Å². The Morgan fingerprint density at radius 3 is 2.70 bits per heavy atom. The summed E-state index contributed by atoms with van der Waals surface area (Å²) in [7, 11) is 0. The quantitative estimate of drug-likeness (QED) is 0.684. The number of ether oxygens (including phenoxy) is 1. The highest BCUT2D eigenvalue weighted by atomic mass is 79.9. The van der Waals surface area contributed by atoms with Gasteiger partial charge < -0.3 is 10.1 Å². The van der Waals surface area contributed by atoms with Crippen molar-refractivity contribution in [3.8, 4) is 5.75 Å². The number of hydrogen-bond donors (Lipinski definition) is 1. The Morgan fingerprint density at radius 1 is 1.26 bits per heavy atom. The minimum atomic E-state index is -2.96. The van der Waals surface area contributed by atoms with E-state index < -0.39 is 6.61 Å². The van der Waals surface area contributed by atoms with E-state index in [0.717, 1.165) is 10.0 Å². The lowest BCUT2D eigenvalue weighted by Crippen LogP contribution is -2.08. The summed E-state index contributed by atoms with van der Waals surface area (Å²) in [5.41, 5.74) is 1.23. The molecule has 0 atom stereocenters. The number of alkyl halides is 2. The topological polar surface area (TPSA) is 38.3 Å². The first kappa shape index (κ1) is 17.4. The maximum Gasteiger partial charge on any atom is 0.387 e. The Labute approximate surface area is 145 Å². The molecule has 2 rings (SSSR count). The normalized spacial score (nSPS) is 11.0. The molecule has 2 aromatic carbocycles. The van der Waals surface area contributed by atoms with E-state index in [9.17, 15) is 13.6 Å². The highest BCUT2D eigenvalue weighted by molar-refractivity contribution is 9.10. The van der Waals surface area contributed by atoms with Crippen molar-refractivity contribution in [1.29, 1.82) is 0 Å². The summed E-state index contributed by atoms with van der Waals surface area (Å²) in [5, 5.41) is 2.57. The van der Waals surface area contributed by atoms with Crippen molar-refractivity contribution in [2.45, 2.75) is 6.61 Å². The molecule has 1 N–H and O–H groups in total. The van der Waals surface area contributed by atoms with Crippen molar-refractivity contribution in [3.63, 3.8) is 0 Å². The number of carbonyl (C=O) groups excluding carboxylic acids is 1. The van der Waals surface area contributed by atoms with Gasteiger partial charge in [0.25, 0.3) is 0 Å². The van der Waals surface area contributed by atoms with Gasteiger partial charge in [0.15, 0.2) is 0 Å². The van der Waals surface area contributed by atoms with E-state index in [1.807, 2.05) is 24.3 Å². The Kier molecular flexibility index (Phi) is 6.12. The first-order valence-electron chi connectivity index (χ1n) is 6.43. The van der Waals surface area contributed by atoms with Crippen molar-refractivity contribution in [2.24, 2.45) is 0 Å². The van der Waals surface area contributed by atoms with Crippen LogP contribution in [0.1, 0.15) is 5.56 Å². The number of anilines is 1. The molecule has 3 nitrogen and oxygen atoms in total.